The number of carbonyl (C=O) groups is 2. The van der Waals surface area contributed by atoms with Crippen molar-refractivity contribution in [2.24, 2.45) is 0 Å². The van der Waals surface area contributed by atoms with Gasteiger partial charge < -0.3 is 10.6 Å². The van der Waals surface area contributed by atoms with E-state index in [9.17, 15) is 18.4 Å². The maximum atomic E-state index is 14.2. The highest BCUT2D eigenvalue weighted by atomic mass is 19.1. The minimum absolute atomic E-state index is 0.0590. The van der Waals surface area contributed by atoms with Gasteiger partial charge in [-0.25, -0.2) is 13.5 Å². The van der Waals surface area contributed by atoms with Crippen molar-refractivity contribution >= 4 is 17.5 Å². The van der Waals surface area contributed by atoms with Gasteiger partial charge in [0, 0.05) is 23.4 Å². The van der Waals surface area contributed by atoms with Gasteiger partial charge >= 0.3 is 0 Å². The summed E-state index contributed by atoms with van der Waals surface area (Å²) >= 11 is 0. The van der Waals surface area contributed by atoms with E-state index in [1.165, 1.54) is 10.7 Å². The molecule has 1 saturated carbocycles. The summed E-state index contributed by atoms with van der Waals surface area (Å²) < 4.78 is 28.7. The van der Waals surface area contributed by atoms with Crippen molar-refractivity contribution < 1.29 is 18.4 Å². The zero-order valence-corrected chi connectivity index (χ0v) is 17.9. The fourth-order valence-electron chi connectivity index (χ4n) is 4.10. The Morgan fingerprint density at radius 2 is 1.69 bits per heavy atom. The number of nitrogens with one attached hydrogen (secondary N) is 2. The molecular formula is C24H24F2N4O2. The highest BCUT2D eigenvalue weighted by Crippen LogP contribution is 2.22. The molecule has 2 aromatic carbocycles. The van der Waals surface area contributed by atoms with Gasteiger partial charge in [0.2, 0.25) is 0 Å². The van der Waals surface area contributed by atoms with Crippen LogP contribution >= 0.6 is 0 Å². The molecule has 166 valence electrons. The van der Waals surface area contributed by atoms with Crippen LogP contribution in [0.2, 0.25) is 0 Å². The number of nitrogens with zero attached hydrogens (tertiary/aromatic N) is 2. The smallest absolute Gasteiger partial charge is 0.259 e. The highest BCUT2D eigenvalue weighted by molar-refractivity contribution is 6.06. The average Bonchev–Trinajstić information content (AvgIpc) is 3.36. The van der Waals surface area contributed by atoms with Gasteiger partial charge in [0.25, 0.3) is 11.8 Å². The molecule has 1 heterocycles. The van der Waals surface area contributed by atoms with Crippen molar-refractivity contribution in [3.8, 4) is 5.69 Å². The van der Waals surface area contributed by atoms with Crippen LogP contribution in [0.1, 0.15) is 57.8 Å². The second kappa shape index (κ2) is 8.90. The molecule has 0 radical (unpaired) electrons. The van der Waals surface area contributed by atoms with Crippen LogP contribution < -0.4 is 10.6 Å². The van der Waals surface area contributed by atoms with Gasteiger partial charge in [-0.2, -0.15) is 5.10 Å². The van der Waals surface area contributed by atoms with E-state index in [0.29, 0.717) is 28.2 Å². The van der Waals surface area contributed by atoms with E-state index in [1.807, 2.05) is 0 Å². The number of rotatable bonds is 5. The Hall–Kier alpha value is -3.55. The molecule has 0 unspecified atom stereocenters. The van der Waals surface area contributed by atoms with Crippen LogP contribution in [0.3, 0.4) is 0 Å². The summed E-state index contributed by atoms with van der Waals surface area (Å²) in [7, 11) is 0. The largest absolute Gasteiger partial charge is 0.349 e. The number of hydrogen-bond acceptors (Lipinski definition) is 3. The Bertz CT molecular complexity index is 1170. The first-order chi connectivity index (χ1) is 15.3. The molecule has 1 aliphatic carbocycles. The number of carbonyl (C=O) groups excluding carboxylic acids is 2. The molecule has 4 rings (SSSR count). The summed E-state index contributed by atoms with van der Waals surface area (Å²) in [6.07, 6.45) is 4.29. The molecule has 3 aromatic rings. The lowest BCUT2D eigenvalue weighted by molar-refractivity contribution is 0.0937. The van der Waals surface area contributed by atoms with Gasteiger partial charge in [0.05, 0.1) is 17.0 Å². The Balaban J connectivity index is 1.49. The number of aryl methyl sites for hydroxylation is 1. The van der Waals surface area contributed by atoms with Crippen LogP contribution in [0.5, 0.6) is 0 Å². The molecule has 6 nitrogen and oxygen atoms in total. The summed E-state index contributed by atoms with van der Waals surface area (Å²) in [5.74, 6) is -1.99. The molecule has 0 bridgehead atoms. The van der Waals surface area contributed by atoms with E-state index < -0.39 is 17.5 Å². The molecule has 32 heavy (non-hydrogen) atoms. The second-order valence-electron chi connectivity index (χ2n) is 8.04. The number of halogens is 2. The lowest BCUT2D eigenvalue weighted by Gasteiger charge is -2.12. The first kappa shape index (κ1) is 21.7. The molecule has 0 atom stereocenters. The zero-order valence-electron chi connectivity index (χ0n) is 17.9. The van der Waals surface area contributed by atoms with Gasteiger partial charge in [0.1, 0.15) is 11.5 Å². The third-order valence-electron chi connectivity index (χ3n) is 5.75. The van der Waals surface area contributed by atoms with Crippen molar-refractivity contribution in [2.75, 3.05) is 5.32 Å². The first-order valence-corrected chi connectivity index (χ1v) is 10.6. The lowest BCUT2D eigenvalue weighted by atomic mass is 10.1. The third-order valence-corrected chi connectivity index (χ3v) is 5.75. The van der Waals surface area contributed by atoms with Crippen LogP contribution in [0.4, 0.5) is 14.5 Å². The van der Waals surface area contributed by atoms with Gasteiger partial charge in [-0.3, -0.25) is 9.59 Å². The Labute approximate surface area is 184 Å². The van der Waals surface area contributed by atoms with Gasteiger partial charge in [-0.1, -0.05) is 12.8 Å². The molecule has 1 aromatic heterocycles. The molecule has 0 aliphatic heterocycles. The minimum Gasteiger partial charge on any atom is -0.349 e. The van der Waals surface area contributed by atoms with Gasteiger partial charge in [-0.15, -0.1) is 0 Å². The number of anilines is 1. The quantitative estimate of drug-likeness (QED) is 0.607. The lowest BCUT2D eigenvalue weighted by Crippen LogP contribution is -2.32. The Morgan fingerprint density at radius 1 is 1.00 bits per heavy atom. The summed E-state index contributed by atoms with van der Waals surface area (Å²) in [4.78, 5) is 25.3. The third kappa shape index (κ3) is 4.39. The summed E-state index contributed by atoms with van der Waals surface area (Å²) in [6, 6.07) is 10.1. The molecule has 0 saturated heterocycles. The van der Waals surface area contributed by atoms with E-state index in [-0.39, 0.29) is 17.6 Å². The molecular weight excluding hydrogens is 414 g/mol. The number of hydrogen-bond donors (Lipinski definition) is 2. The van der Waals surface area contributed by atoms with Crippen LogP contribution in [0.15, 0.2) is 42.5 Å². The topological polar surface area (TPSA) is 76.0 Å². The monoisotopic (exact) mass is 438 g/mol. The zero-order chi connectivity index (χ0) is 22.8. The van der Waals surface area contributed by atoms with Crippen LogP contribution in [-0.4, -0.2) is 27.6 Å². The maximum absolute atomic E-state index is 14.2. The van der Waals surface area contributed by atoms with E-state index in [0.717, 1.165) is 37.8 Å². The van der Waals surface area contributed by atoms with Crippen molar-refractivity contribution in [2.45, 2.75) is 45.6 Å². The molecule has 1 aliphatic rings. The fourth-order valence-corrected chi connectivity index (χ4v) is 4.10. The van der Waals surface area contributed by atoms with Crippen molar-refractivity contribution in [3.63, 3.8) is 0 Å². The second-order valence-corrected chi connectivity index (χ2v) is 8.04. The van der Waals surface area contributed by atoms with Gasteiger partial charge in [-0.05, 0) is 63.1 Å². The standard InChI is InChI=1S/C24H24F2N4O2/c1-14-22(15(2)30(29-14)21-12-9-17(25)13-20(21)26)24(32)28-19-10-7-16(8-11-19)23(31)27-18-5-3-4-6-18/h7-13,18H,3-6H2,1-2H3,(H,27,31)(H,28,32). The van der Waals surface area contributed by atoms with Crippen LogP contribution in [0, 0.1) is 25.5 Å². The SMILES string of the molecule is Cc1nn(-c2ccc(F)cc2F)c(C)c1C(=O)Nc1ccc(C(=O)NC2CCCC2)cc1. The van der Waals surface area contributed by atoms with Crippen molar-refractivity contribution in [1.82, 2.24) is 15.1 Å². The van der Waals surface area contributed by atoms with Gasteiger partial charge in [0.15, 0.2) is 5.82 Å². The Morgan fingerprint density at radius 3 is 2.34 bits per heavy atom. The predicted octanol–water partition coefficient (Wildman–Crippen LogP) is 4.69. The molecule has 2 N–H and O–H groups in total. The Kier molecular flexibility index (Phi) is 6.03. The van der Waals surface area contributed by atoms with E-state index in [1.54, 1.807) is 38.1 Å². The summed E-state index contributed by atoms with van der Waals surface area (Å²) in [5, 5.41) is 10.1. The predicted molar refractivity (Wildman–Crippen MR) is 117 cm³/mol. The highest BCUT2D eigenvalue weighted by Gasteiger charge is 2.22. The summed E-state index contributed by atoms with van der Waals surface area (Å²) in [5.41, 5.74) is 2.25. The van der Waals surface area contributed by atoms with E-state index >= 15 is 0 Å². The molecule has 8 heteroatoms. The minimum atomic E-state index is -0.769. The van der Waals surface area contributed by atoms with E-state index in [4.69, 9.17) is 0 Å². The molecule has 0 spiro atoms. The fraction of sp³-hybridized carbons (Fsp3) is 0.292. The van der Waals surface area contributed by atoms with Crippen molar-refractivity contribution in [1.29, 1.82) is 0 Å². The normalized spacial score (nSPS) is 13.9. The van der Waals surface area contributed by atoms with Crippen molar-refractivity contribution in [3.05, 3.63) is 76.6 Å². The number of amides is 2. The molecule has 2 amide bonds. The maximum Gasteiger partial charge on any atom is 0.259 e. The van der Waals surface area contributed by atoms with Crippen LogP contribution in [-0.2, 0) is 0 Å². The summed E-state index contributed by atoms with van der Waals surface area (Å²) in [6.45, 7) is 3.30. The first-order valence-electron chi connectivity index (χ1n) is 10.6. The van der Waals surface area contributed by atoms with E-state index in [2.05, 4.69) is 15.7 Å². The van der Waals surface area contributed by atoms with Crippen LogP contribution in [0.25, 0.3) is 5.69 Å². The average molecular weight is 438 g/mol. The number of benzene rings is 2. The number of aromatic nitrogens is 2. The molecule has 1 fully saturated rings.